The highest BCUT2D eigenvalue weighted by Crippen LogP contribution is 2.20. The van der Waals surface area contributed by atoms with E-state index in [4.69, 9.17) is 4.74 Å². The molecule has 0 aromatic carbocycles. The standard InChI is InChI=1S/C12H22N2O3/c1-4-17-12(16)13-6-11(15)14-7-9(2)5-10(3)8-14/h9-10H,4-8H2,1-3H3,(H,13,16). The highest BCUT2D eigenvalue weighted by atomic mass is 16.5. The van der Waals surface area contributed by atoms with Crippen LogP contribution in [0.25, 0.3) is 0 Å². The molecule has 2 atom stereocenters. The molecule has 0 aliphatic carbocycles. The number of ether oxygens (including phenoxy) is 1. The second kappa shape index (κ2) is 6.47. The number of carbonyl (C=O) groups is 2. The number of alkyl carbamates (subject to hydrolysis) is 1. The molecule has 0 spiro atoms. The van der Waals surface area contributed by atoms with Gasteiger partial charge in [-0.1, -0.05) is 13.8 Å². The number of piperidine rings is 1. The lowest BCUT2D eigenvalue weighted by Crippen LogP contribution is -2.46. The lowest BCUT2D eigenvalue weighted by Gasteiger charge is -2.35. The third-order valence-corrected chi connectivity index (χ3v) is 2.88. The molecule has 98 valence electrons. The fraction of sp³-hybridized carbons (Fsp3) is 0.833. The van der Waals surface area contributed by atoms with Gasteiger partial charge in [0.2, 0.25) is 5.91 Å². The van der Waals surface area contributed by atoms with Crippen LogP contribution in [0.3, 0.4) is 0 Å². The lowest BCUT2D eigenvalue weighted by atomic mass is 9.92. The van der Waals surface area contributed by atoms with Crippen LogP contribution in [0.1, 0.15) is 27.2 Å². The predicted molar refractivity (Wildman–Crippen MR) is 64.5 cm³/mol. The fourth-order valence-electron chi connectivity index (χ4n) is 2.31. The number of nitrogens with zero attached hydrogens (tertiary/aromatic N) is 1. The summed E-state index contributed by atoms with van der Waals surface area (Å²) in [7, 11) is 0. The number of likely N-dealkylation sites (tertiary alicyclic amines) is 1. The summed E-state index contributed by atoms with van der Waals surface area (Å²) in [5.41, 5.74) is 0. The molecule has 0 aromatic rings. The first kappa shape index (κ1) is 13.8. The molecule has 0 aromatic heterocycles. The van der Waals surface area contributed by atoms with E-state index in [1.165, 1.54) is 0 Å². The molecular weight excluding hydrogens is 220 g/mol. The van der Waals surface area contributed by atoms with Gasteiger partial charge in [-0.05, 0) is 25.2 Å². The lowest BCUT2D eigenvalue weighted by molar-refractivity contribution is -0.132. The zero-order valence-corrected chi connectivity index (χ0v) is 10.9. The Morgan fingerprint density at radius 2 is 1.88 bits per heavy atom. The average molecular weight is 242 g/mol. The largest absolute Gasteiger partial charge is 0.450 e. The third-order valence-electron chi connectivity index (χ3n) is 2.88. The van der Waals surface area contributed by atoms with Crippen LogP contribution in [0.5, 0.6) is 0 Å². The van der Waals surface area contributed by atoms with Crippen molar-refractivity contribution in [3.63, 3.8) is 0 Å². The minimum absolute atomic E-state index is 0.0261. The Morgan fingerprint density at radius 1 is 1.29 bits per heavy atom. The Bertz CT molecular complexity index is 271. The van der Waals surface area contributed by atoms with E-state index in [9.17, 15) is 9.59 Å². The Morgan fingerprint density at radius 3 is 2.41 bits per heavy atom. The Kier molecular flexibility index (Phi) is 5.25. The number of hydrogen-bond acceptors (Lipinski definition) is 3. The van der Waals surface area contributed by atoms with Gasteiger partial charge in [-0.3, -0.25) is 4.79 Å². The van der Waals surface area contributed by atoms with E-state index in [0.29, 0.717) is 18.4 Å². The molecule has 1 heterocycles. The van der Waals surface area contributed by atoms with Gasteiger partial charge in [0, 0.05) is 13.1 Å². The van der Waals surface area contributed by atoms with Crippen LogP contribution < -0.4 is 5.32 Å². The Labute approximate surface area is 102 Å². The molecule has 2 amide bonds. The first-order valence-corrected chi connectivity index (χ1v) is 6.21. The maximum Gasteiger partial charge on any atom is 0.407 e. The zero-order valence-electron chi connectivity index (χ0n) is 10.9. The van der Waals surface area contributed by atoms with E-state index in [-0.39, 0.29) is 12.5 Å². The summed E-state index contributed by atoms with van der Waals surface area (Å²) in [6.07, 6.45) is 0.633. The number of hydrogen-bond donors (Lipinski definition) is 1. The molecule has 1 saturated heterocycles. The SMILES string of the molecule is CCOC(=O)NCC(=O)N1CC(C)CC(C)C1. The third kappa shape index (κ3) is 4.63. The molecule has 0 saturated carbocycles. The number of rotatable bonds is 3. The molecule has 2 unspecified atom stereocenters. The second-order valence-corrected chi connectivity index (χ2v) is 4.82. The summed E-state index contributed by atoms with van der Waals surface area (Å²) in [6.45, 7) is 7.94. The highest BCUT2D eigenvalue weighted by Gasteiger charge is 2.25. The minimum atomic E-state index is -0.529. The van der Waals surface area contributed by atoms with Crippen LogP contribution in [-0.2, 0) is 9.53 Å². The van der Waals surface area contributed by atoms with Crippen molar-refractivity contribution < 1.29 is 14.3 Å². The van der Waals surface area contributed by atoms with Crippen LogP contribution in [0.2, 0.25) is 0 Å². The molecule has 17 heavy (non-hydrogen) atoms. The number of carbonyl (C=O) groups excluding carboxylic acids is 2. The summed E-state index contributed by atoms with van der Waals surface area (Å²) < 4.78 is 4.70. The Balaban J connectivity index is 2.34. The van der Waals surface area contributed by atoms with Gasteiger partial charge >= 0.3 is 6.09 Å². The minimum Gasteiger partial charge on any atom is -0.450 e. The Hall–Kier alpha value is -1.26. The van der Waals surface area contributed by atoms with Crippen molar-refractivity contribution in [3.8, 4) is 0 Å². The van der Waals surface area contributed by atoms with E-state index < -0.39 is 6.09 Å². The average Bonchev–Trinajstić information content (AvgIpc) is 2.25. The summed E-state index contributed by atoms with van der Waals surface area (Å²) in [5, 5.41) is 2.46. The van der Waals surface area contributed by atoms with Gasteiger partial charge < -0.3 is 15.0 Å². The fourth-order valence-corrected chi connectivity index (χ4v) is 2.31. The first-order valence-electron chi connectivity index (χ1n) is 6.21. The van der Waals surface area contributed by atoms with Gasteiger partial charge in [-0.2, -0.15) is 0 Å². The quantitative estimate of drug-likeness (QED) is 0.810. The molecule has 1 aliphatic rings. The van der Waals surface area contributed by atoms with Crippen LogP contribution >= 0.6 is 0 Å². The summed E-state index contributed by atoms with van der Waals surface area (Å²) in [6, 6.07) is 0. The molecule has 1 aliphatic heterocycles. The molecule has 0 radical (unpaired) electrons. The van der Waals surface area contributed by atoms with Crippen molar-refractivity contribution in [2.24, 2.45) is 11.8 Å². The van der Waals surface area contributed by atoms with Gasteiger partial charge in [0.25, 0.3) is 0 Å². The number of nitrogens with one attached hydrogen (secondary N) is 1. The van der Waals surface area contributed by atoms with Crippen molar-refractivity contribution in [3.05, 3.63) is 0 Å². The van der Waals surface area contributed by atoms with Crippen LogP contribution in [0, 0.1) is 11.8 Å². The van der Waals surface area contributed by atoms with Gasteiger partial charge in [0.1, 0.15) is 6.54 Å². The molecule has 1 fully saturated rings. The van der Waals surface area contributed by atoms with Gasteiger partial charge in [-0.15, -0.1) is 0 Å². The van der Waals surface area contributed by atoms with E-state index in [2.05, 4.69) is 19.2 Å². The maximum atomic E-state index is 11.9. The molecule has 1 rings (SSSR count). The topological polar surface area (TPSA) is 58.6 Å². The summed E-state index contributed by atoms with van der Waals surface area (Å²) >= 11 is 0. The van der Waals surface area contributed by atoms with Crippen molar-refractivity contribution >= 4 is 12.0 Å². The normalized spacial score (nSPS) is 24.3. The maximum absolute atomic E-state index is 11.9. The summed E-state index contributed by atoms with van der Waals surface area (Å²) in [5.74, 6) is 1.03. The van der Waals surface area contributed by atoms with E-state index in [1.807, 2.05) is 4.90 Å². The second-order valence-electron chi connectivity index (χ2n) is 4.82. The molecule has 5 heteroatoms. The number of amides is 2. The molecule has 0 bridgehead atoms. The van der Waals surface area contributed by atoms with Crippen LogP contribution in [-0.4, -0.2) is 43.1 Å². The van der Waals surface area contributed by atoms with Crippen LogP contribution in [0.4, 0.5) is 4.79 Å². The van der Waals surface area contributed by atoms with E-state index in [1.54, 1.807) is 6.92 Å². The zero-order chi connectivity index (χ0) is 12.8. The first-order chi connectivity index (χ1) is 8.02. The molecular formula is C12H22N2O3. The van der Waals surface area contributed by atoms with Crippen molar-refractivity contribution in [1.82, 2.24) is 10.2 Å². The van der Waals surface area contributed by atoms with Gasteiger partial charge in [0.05, 0.1) is 6.61 Å². The molecule has 5 nitrogen and oxygen atoms in total. The molecule has 1 N–H and O–H groups in total. The van der Waals surface area contributed by atoms with E-state index in [0.717, 1.165) is 19.5 Å². The summed E-state index contributed by atoms with van der Waals surface area (Å²) in [4.78, 5) is 24.7. The van der Waals surface area contributed by atoms with Crippen molar-refractivity contribution in [2.75, 3.05) is 26.2 Å². The van der Waals surface area contributed by atoms with E-state index >= 15 is 0 Å². The smallest absolute Gasteiger partial charge is 0.407 e. The highest BCUT2D eigenvalue weighted by molar-refractivity contribution is 5.82. The van der Waals surface area contributed by atoms with Crippen molar-refractivity contribution in [2.45, 2.75) is 27.2 Å². The van der Waals surface area contributed by atoms with Crippen molar-refractivity contribution in [1.29, 1.82) is 0 Å². The monoisotopic (exact) mass is 242 g/mol. The van der Waals surface area contributed by atoms with Gasteiger partial charge in [-0.25, -0.2) is 4.79 Å². The van der Waals surface area contributed by atoms with Crippen LogP contribution in [0.15, 0.2) is 0 Å². The van der Waals surface area contributed by atoms with Gasteiger partial charge in [0.15, 0.2) is 0 Å². The predicted octanol–water partition coefficient (Wildman–Crippen LogP) is 1.24.